The van der Waals surface area contributed by atoms with Crippen LogP contribution in [0.5, 0.6) is 5.75 Å². The van der Waals surface area contributed by atoms with Gasteiger partial charge in [-0.25, -0.2) is 4.79 Å². The van der Waals surface area contributed by atoms with Crippen molar-refractivity contribution in [2.24, 2.45) is 5.73 Å². The molecule has 0 radical (unpaired) electrons. The lowest BCUT2D eigenvalue weighted by Gasteiger charge is -2.33. The summed E-state index contributed by atoms with van der Waals surface area (Å²) in [4.78, 5) is 37.5. The number of rotatable bonds is 7. The van der Waals surface area contributed by atoms with Crippen LogP contribution in [0, 0.1) is 0 Å². The molecule has 2 amide bonds. The molecule has 0 aliphatic heterocycles. The fourth-order valence-corrected chi connectivity index (χ4v) is 3.52. The van der Waals surface area contributed by atoms with Crippen molar-refractivity contribution < 1.29 is 23.9 Å². The SMILES string of the molecule is CN(C(=O)COC(=O)COc1ccccc1C(N)=O)[C@H]1CCCc2ccccc21. The van der Waals surface area contributed by atoms with E-state index in [0.717, 1.165) is 24.8 Å². The van der Waals surface area contributed by atoms with E-state index >= 15 is 0 Å². The third-order valence-corrected chi connectivity index (χ3v) is 5.05. The number of fused-ring (bicyclic) bond motifs is 1. The van der Waals surface area contributed by atoms with Crippen LogP contribution in [0.1, 0.15) is 40.4 Å². The zero-order valence-electron chi connectivity index (χ0n) is 16.3. The van der Waals surface area contributed by atoms with E-state index < -0.39 is 18.5 Å². The Morgan fingerprint density at radius 2 is 1.79 bits per heavy atom. The molecule has 0 aromatic heterocycles. The van der Waals surface area contributed by atoms with Crippen LogP contribution in [0.25, 0.3) is 0 Å². The molecule has 0 spiro atoms. The maximum atomic E-state index is 12.5. The van der Waals surface area contributed by atoms with Crippen molar-refractivity contribution >= 4 is 17.8 Å². The number of para-hydroxylation sites is 1. The van der Waals surface area contributed by atoms with Gasteiger partial charge in [0, 0.05) is 7.05 Å². The van der Waals surface area contributed by atoms with Gasteiger partial charge in [-0.05, 0) is 42.5 Å². The number of carbonyl (C=O) groups is 3. The third-order valence-electron chi connectivity index (χ3n) is 5.05. The Hall–Kier alpha value is -3.35. The molecule has 0 saturated carbocycles. The highest BCUT2D eigenvalue weighted by Gasteiger charge is 2.27. The van der Waals surface area contributed by atoms with Crippen LogP contribution in [0.15, 0.2) is 48.5 Å². The summed E-state index contributed by atoms with van der Waals surface area (Å²) >= 11 is 0. The van der Waals surface area contributed by atoms with E-state index in [9.17, 15) is 14.4 Å². The van der Waals surface area contributed by atoms with Gasteiger partial charge in [-0.15, -0.1) is 0 Å². The number of aryl methyl sites for hydroxylation is 1. The van der Waals surface area contributed by atoms with Crippen molar-refractivity contribution in [3.8, 4) is 5.75 Å². The van der Waals surface area contributed by atoms with Crippen LogP contribution >= 0.6 is 0 Å². The minimum absolute atomic E-state index is 0.0233. The Morgan fingerprint density at radius 3 is 2.59 bits per heavy atom. The average molecular weight is 396 g/mol. The highest BCUT2D eigenvalue weighted by Crippen LogP contribution is 2.33. The topological polar surface area (TPSA) is 98.9 Å². The van der Waals surface area contributed by atoms with E-state index in [1.54, 1.807) is 24.1 Å². The molecule has 7 nitrogen and oxygen atoms in total. The van der Waals surface area contributed by atoms with Crippen LogP contribution in [0.4, 0.5) is 0 Å². The minimum atomic E-state index is -0.699. The van der Waals surface area contributed by atoms with E-state index in [1.165, 1.54) is 17.7 Å². The molecule has 152 valence electrons. The number of carbonyl (C=O) groups excluding carboxylic acids is 3. The Morgan fingerprint density at radius 1 is 1.07 bits per heavy atom. The molecule has 1 aliphatic carbocycles. The van der Waals surface area contributed by atoms with Gasteiger partial charge in [0.15, 0.2) is 13.2 Å². The first-order chi connectivity index (χ1) is 14.0. The minimum Gasteiger partial charge on any atom is -0.481 e. The lowest BCUT2D eigenvalue weighted by Crippen LogP contribution is -2.36. The van der Waals surface area contributed by atoms with E-state index in [2.05, 4.69) is 6.07 Å². The summed E-state index contributed by atoms with van der Waals surface area (Å²) in [5.74, 6) is -1.44. The number of nitrogens with two attached hydrogens (primary N) is 1. The predicted octanol–water partition coefficient (Wildman–Crippen LogP) is 2.24. The molecule has 0 fully saturated rings. The summed E-state index contributed by atoms with van der Waals surface area (Å²) in [7, 11) is 1.72. The first kappa shape index (κ1) is 20.4. The molecule has 7 heteroatoms. The van der Waals surface area contributed by atoms with Crippen LogP contribution in [0.2, 0.25) is 0 Å². The van der Waals surface area contributed by atoms with E-state index in [4.69, 9.17) is 15.2 Å². The van der Waals surface area contributed by atoms with Crippen molar-refractivity contribution in [3.63, 3.8) is 0 Å². The van der Waals surface area contributed by atoms with Gasteiger partial charge in [0.25, 0.3) is 11.8 Å². The molecule has 2 aromatic rings. The number of ether oxygens (including phenoxy) is 2. The number of esters is 1. The van der Waals surface area contributed by atoms with Crippen LogP contribution < -0.4 is 10.5 Å². The second kappa shape index (κ2) is 9.23. The first-order valence-corrected chi connectivity index (χ1v) is 9.48. The van der Waals surface area contributed by atoms with E-state index in [-0.39, 0.29) is 29.9 Å². The third kappa shape index (κ3) is 4.93. The number of amides is 2. The lowest BCUT2D eigenvalue weighted by molar-refractivity contribution is -0.154. The second-order valence-corrected chi connectivity index (χ2v) is 6.92. The zero-order chi connectivity index (χ0) is 20.8. The predicted molar refractivity (Wildman–Crippen MR) is 106 cm³/mol. The van der Waals surface area contributed by atoms with Crippen LogP contribution in [-0.2, 0) is 20.7 Å². The van der Waals surface area contributed by atoms with Gasteiger partial charge >= 0.3 is 5.97 Å². The van der Waals surface area contributed by atoms with Crippen molar-refractivity contribution in [2.45, 2.75) is 25.3 Å². The van der Waals surface area contributed by atoms with Crippen LogP contribution in [-0.4, -0.2) is 42.9 Å². The summed E-state index contributed by atoms with van der Waals surface area (Å²) in [6.45, 7) is -0.789. The van der Waals surface area contributed by atoms with Gasteiger partial charge in [0.2, 0.25) is 0 Å². The molecule has 1 aliphatic rings. The number of hydrogen-bond donors (Lipinski definition) is 1. The second-order valence-electron chi connectivity index (χ2n) is 6.92. The van der Waals surface area contributed by atoms with E-state index in [1.807, 2.05) is 18.2 Å². The molecule has 2 N–H and O–H groups in total. The molecule has 0 saturated heterocycles. The monoisotopic (exact) mass is 396 g/mol. The summed E-state index contributed by atoms with van der Waals surface area (Å²) < 4.78 is 10.4. The van der Waals surface area contributed by atoms with Crippen molar-refractivity contribution in [1.82, 2.24) is 4.90 Å². The first-order valence-electron chi connectivity index (χ1n) is 9.48. The Kier molecular flexibility index (Phi) is 6.49. The van der Waals surface area contributed by atoms with Crippen molar-refractivity contribution in [3.05, 3.63) is 65.2 Å². The number of benzene rings is 2. The lowest BCUT2D eigenvalue weighted by atomic mass is 9.87. The molecule has 3 rings (SSSR count). The van der Waals surface area contributed by atoms with Gasteiger partial charge in [-0.2, -0.15) is 0 Å². The van der Waals surface area contributed by atoms with Gasteiger partial charge in [0.05, 0.1) is 11.6 Å². The number of primary amides is 1. The molecule has 1 atom stereocenters. The molecule has 0 bridgehead atoms. The molecular weight excluding hydrogens is 372 g/mol. The fourth-order valence-electron chi connectivity index (χ4n) is 3.52. The maximum Gasteiger partial charge on any atom is 0.344 e. The Balaban J connectivity index is 1.52. The summed E-state index contributed by atoms with van der Waals surface area (Å²) in [6, 6.07) is 14.4. The normalized spacial score (nSPS) is 15.1. The van der Waals surface area contributed by atoms with Crippen LogP contribution in [0.3, 0.4) is 0 Å². The van der Waals surface area contributed by atoms with Crippen molar-refractivity contribution in [1.29, 1.82) is 0 Å². The number of nitrogens with zero attached hydrogens (tertiary/aromatic N) is 1. The molecular formula is C22H24N2O5. The highest BCUT2D eigenvalue weighted by atomic mass is 16.6. The van der Waals surface area contributed by atoms with Crippen molar-refractivity contribution in [2.75, 3.05) is 20.3 Å². The molecule has 0 heterocycles. The van der Waals surface area contributed by atoms with E-state index in [0.29, 0.717) is 0 Å². The number of likely N-dealkylation sites (N-methyl/N-ethyl adjacent to an activating group) is 1. The Labute approximate surface area is 169 Å². The standard InChI is InChI=1S/C22H24N2O5/c1-24(18-11-6-8-15-7-2-3-9-16(15)18)20(25)13-29-21(26)14-28-19-12-5-4-10-17(19)22(23)27/h2-5,7,9-10,12,18H,6,8,11,13-14H2,1H3,(H2,23,27)/t18-/m0/s1. The van der Waals surface area contributed by atoms with Gasteiger partial charge in [0.1, 0.15) is 5.75 Å². The number of hydrogen-bond acceptors (Lipinski definition) is 5. The quantitative estimate of drug-likeness (QED) is 0.724. The van der Waals surface area contributed by atoms with Gasteiger partial charge in [-0.3, -0.25) is 9.59 Å². The van der Waals surface area contributed by atoms with Gasteiger partial charge < -0.3 is 20.1 Å². The fraction of sp³-hybridized carbons (Fsp3) is 0.318. The maximum absolute atomic E-state index is 12.5. The highest BCUT2D eigenvalue weighted by molar-refractivity contribution is 5.95. The Bertz CT molecular complexity index is 912. The average Bonchev–Trinajstić information content (AvgIpc) is 2.75. The van der Waals surface area contributed by atoms with Gasteiger partial charge in [-0.1, -0.05) is 36.4 Å². The zero-order valence-corrected chi connectivity index (χ0v) is 16.3. The largest absolute Gasteiger partial charge is 0.481 e. The molecule has 0 unspecified atom stereocenters. The summed E-state index contributed by atoms with van der Waals surface area (Å²) in [5, 5.41) is 0. The summed E-state index contributed by atoms with van der Waals surface area (Å²) in [6.07, 6.45) is 2.89. The molecule has 2 aromatic carbocycles. The summed E-state index contributed by atoms with van der Waals surface area (Å²) in [5.41, 5.74) is 7.84. The molecule has 29 heavy (non-hydrogen) atoms. The smallest absolute Gasteiger partial charge is 0.344 e.